The van der Waals surface area contributed by atoms with Gasteiger partial charge in [-0.3, -0.25) is 14.6 Å². The third-order valence-corrected chi connectivity index (χ3v) is 9.91. The number of hydrogen-bond donors (Lipinski definition) is 1. The van der Waals surface area contributed by atoms with Crippen molar-refractivity contribution in [1.82, 2.24) is 14.8 Å². The van der Waals surface area contributed by atoms with Crippen molar-refractivity contribution in [3.63, 3.8) is 0 Å². The number of halogens is 1. The van der Waals surface area contributed by atoms with Crippen LogP contribution in [0.5, 0.6) is 5.75 Å². The van der Waals surface area contributed by atoms with Gasteiger partial charge >= 0.3 is 6.22 Å². The zero-order valence-corrected chi connectivity index (χ0v) is 33.3. The Bertz CT molecular complexity index is 1640. The molecular formula is C42H60FN5O6. The molecule has 0 aliphatic carbocycles. The van der Waals surface area contributed by atoms with Crippen molar-refractivity contribution in [2.45, 2.75) is 105 Å². The number of anilines is 2. The van der Waals surface area contributed by atoms with E-state index in [1.165, 1.54) is 45.7 Å². The molecule has 5 rings (SSSR count). The summed E-state index contributed by atoms with van der Waals surface area (Å²) in [4.78, 5) is 55.8. The van der Waals surface area contributed by atoms with Gasteiger partial charge in [0.15, 0.2) is 0 Å². The molecule has 1 aromatic heterocycles. The number of ketones is 1. The summed E-state index contributed by atoms with van der Waals surface area (Å²) in [5.74, 6) is 0.409. The van der Waals surface area contributed by atoms with Crippen LogP contribution >= 0.6 is 0 Å². The smallest absolute Gasteiger partial charge is 0.401 e. The molecule has 3 heterocycles. The molecule has 11 nitrogen and oxygen atoms in total. The van der Waals surface area contributed by atoms with Crippen LogP contribution < -0.4 is 15.0 Å². The third-order valence-electron chi connectivity index (χ3n) is 9.91. The van der Waals surface area contributed by atoms with E-state index in [1.54, 1.807) is 20.0 Å². The lowest BCUT2D eigenvalue weighted by molar-refractivity contribution is -0.133. The quantitative estimate of drug-likeness (QED) is 0.137. The molecule has 54 heavy (non-hydrogen) atoms. The predicted molar refractivity (Wildman–Crippen MR) is 213 cm³/mol. The van der Waals surface area contributed by atoms with Gasteiger partial charge in [-0.05, 0) is 96.5 Å². The van der Waals surface area contributed by atoms with E-state index in [9.17, 15) is 23.6 Å². The maximum absolute atomic E-state index is 12.2. The minimum absolute atomic E-state index is 0.0435. The lowest BCUT2D eigenvalue weighted by atomic mass is 10.0. The fourth-order valence-electron chi connectivity index (χ4n) is 7.26. The Balaban J connectivity index is 0.000000250. The topological polar surface area (TPSA) is 121 Å². The molecule has 2 amide bonds. The first kappa shape index (κ1) is 44.0. The minimum atomic E-state index is -1.77. The summed E-state index contributed by atoms with van der Waals surface area (Å²) in [5.41, 5.74) is 5.05. The number of Topliss-reactive ketones (excluding diaryl/α,β-unsaturated/α-hetero) is 1. The highest BCUT2D eigenvalue weighted by atomic mass is 19.1. The van der Waals surface area contributed by atoms with E-state index in [1.807, 2.05) is 55.3 Å². The second-order valence-corrected chi connectivity index (χ2v) is 14.2. The van der Waals surface area contributed by atoms with Crippen molar-refractivity contribution in [3.05, 3.63) is 59.3 Å². The number of likely N-dealkylation sites (tertiary alicyclic amines) is 1. The monoisotopic (exact) mass is 749 g/mol. The van der Waals surface area contributed by atoms with Gasteiger partial charge in [0, 0.05) is 63.7 Å². The molecule has 0 bridgehead atoms. The molecule has 2 fully saturated rings. The van der Waals surface area contributed by atoms with Gasteiger partial charge in [-0.2, -0.15) is 0 Å². The lowest BCUT2D eigenvalue weighted by Crippen LogP contribution is -2.45. The Kier molecular flexibility index (Phi) is 18.5. The maximum atomic E-state index is 12.2. The number of carbonyl (C=O) groups excluding carboxylic acids is 4. The highest BCUT2D eigenvalue weighted by Gasteiger charge is 2.27. The highest BCUT2D eigenvalue weighted by molar-refractivity contribution is 6.01. The molecule has 0 radical (unpaired) electrons. The molecule has 1 N–H and O–H groups in total. The fourth-order valence-corrected chi connectivity index (χ4v) is 7.26. The average Bonchev–Trinajstić information content (AvgIpc) is 3.16. The first-order chi connectivity index (χ1) is 25.9. The summed E-state index contributed by atoms with van der Waals surface area (Å²) >= 11 is 0. The van der Waals surface area contributed by atoms with Gasteiger partial charge in [-0.1, -0.05) is 49.7 Å². The molecule has 2 aromatic carbocycles. The number of para-hydroxylation sites is 1. The van der Waals surface area contributed by atoms with Crippen LogP contribution in [-0.2, 0) is 19.1 Å². The maximum Gasteiger partial charge on any atom is 0.500 e. The highest BCUT2D eigenvalue weighted by Crippen LogP contribution is 2.34. The van der Waals surface area contributed by atoms with E-state index in [0.717, 1.165) is 71.1 Å². The zero-order chi connectivity index (χ0) is 39.6. The van der Waals surface area contributed by atoms with Crippen molar-refractivity contribution in [1.29, 1.82) is 0 Å². The molecule has 2 aliphatic rings. The summed E-state index contributed by atoms with van der Waals surface area (Å²) in [6.45, 7) is 17.3. The van der Waals surface area contributed by atoms with Crippen LogP contribution in [0.15, 0.2) is 42.6 Å². The number of benzene rings is 2. The van der Waals surface area contributed by atoms with Crippen LogP contribution in [0.2, 0.25) is 0 Å². The van der Waals surface area contributed by atoms with E-state index in [0.29, 0.717) is 31.7 Å². The zero-order valence-electron chi connectivity index (χ0n) is 33.3. The number of fused-ring (bicyclic) bond motifs is 1. The number of aromatic nitrogens is 1. The van der Waals surface area contributed by atoms with Crippen molar-refractivity contribution in [3.8, 4) is 5.75 Å². The second-order valence-electron chi connectivity index (χ2n) is 14.2. The number of rotatable bonds is 13. The first-order valence-corrected chi connectivity index (χ1v) is 19.2. The van der Waals surface area contributed by atoms with Crippen LogP contribution in [0.1, 0.15) is 88.8 Å². The normalized spacial score (nSPS) is 14.7. The van der Waals surface area contributed by atoms with Gasteiger partial charge in [0.25, 0.3) is 0 Å². The molecule has 0 atom stereocenters. The van der Waals surface area contributed by atoms with Gasteiger partial charge in [-0.25, -0.2) is 4.79 Å². The van der Waals surface area contributed by atoms with E-state index >= 15 is 0 Å². The Morgan fingerprint density at radius 2 is 1.57 bits per heavy atom. The van der Waals surface area contributed by atoms with E-state index < -0.39 is 6.22 Å². The van der Waals surface area contributed by atoms with E-state index in [4.69, 9.17) is 4.74 Å². The largest absolute Gasteiger partial charge is 0.500 e. The van der Waals surface area contributed by atoms with Gasteiger partial charge in [0.05, 0.1) is 23.1 Å². The third kappa shape index (κ3) is 13.5. The van der Waals surface area contributed by atoms with E-state index in [-0.39, 0.29) is 24.2 Å². The Hall–Kier alpha value is -4.42. The molecule has 0 unspecified atom stereocenters. The van der Waals surface area contributed by atoms with Crippen LogP contribution in [0.3, 0.4) is 0 Å². The summed E-state index contributed by atoms with van der Waals surface area (Å²) in [7, 11) is 2.00. The molecule has 0 spiro atoms. The van der Waals surface area contributed by atoms with Crippen molar-refractivity contribution in [2.24, 2.45) is 0 Å². The number of amides is 2. The summed E-state index contributed by atoms with van der Waals surface area (Å²) < 4.78 is 21.8. The van der Waals surface area contributed by atoms with Gasteiger partial charge < -0.3 is 34.3 Å². The number of aryl methyl sites for hydroxylation is 3. The van der Waals surface area contributed by atoms with Crippen molar-refractivity contribution in [2.75, 3.05) is 56.7 Å². The van der Waals surface area contributed by atoms with Crippen molar-refractivity contribution < 1.29 is 33.0 Å². The molecule has 12 heteroatoms. The number of pyridine rings is 1. The number of hydrogen-bond acceptors (Lipinski definition) is 9. The number of carbonyl (C=O) groups is 4. The summed E-state index contributed by atoms with van der Waals surface area (Å²) in [6.07, 6.45) is 7.99. The molecule has 3 aromatic rings. The van der Waals surface area contributed by atoms with Gasteiger partial charge in [0.2, 0.25) is 12.3 Å². The molecule has 0 saturated carbocycles. The first-order valence-electron chi connectivity index (χ1n) is 19.2. The Labute approximate surface area is 320 Å². The van der Waals surface area contributed by atoms with E-state index in [2.05, 4.69) is 38.7 Å². The lowest BCUT2D eigenvalue weighted by Gasteiger charge is -2.38. The predicted octanol–water partition coefficient (Wildman–Crippen LogP) is 7.97. The Morgan fingerprint density at radius 3 is 2.13 bits per heavy atom. The standard InChI is InChI=1S/C21H26N4O3.C11H23NO.C10H11FO2/c1-15(27)7-8-20(28)25-11-9-16(10-12-25)24(2)19-13-22-18-6-4-3-5-17(18)21(19)23-14-26;1-3-7-12(8-4-2)11-5-9-13-10-6-11;1-6-4-7(2)9(8(3)5-6)13-10(11)12/h3-6,13-14,16H,7-12H2,1-2H3,(H,22,23,26);11H,3-10H2,1-2H3;4-5H,1-3H3. The number of ether oxygens (including phenoxy) is 2. The summed E-state index contributed by atoms with van der Waals surface area (Å²) in [5, 5.41) is 3.73. The molecule has 2 saturated heterocycles. The van der Waals surface area contributed by atoms with Crippen LogP contribution in [-0.4, -0.2) is 97.6 Å². The second kappa shape index (κ2) is 22.7. The fraction of sp³-hybridized carbons (Fsp3) is 0.548. The van der Waals surface area contributed by atoms with Gasteiger partial charge in [0.1, 0.15) is 11.5 Å². The minimum Gasteiger partial charge on any atom is -0.401 e. The molecule has 2 aliphatic heterocycles. The number of nitrogens with one attached hydrogen (secondary N) is 1. The molecular weight excluding hydrogens is 689 g/mol. The van der Waals surface area contributed by atoms with Crippen LogP contribution in [0.4, 0.5) is 20.6 Å². The molecule has 296 valence electrons. The van der Waals surface area contributed by atoms with Crippen LogP contribution in [0.25, 0.3) is 10.9 Å². The Morgan fingerprint density at radius 1 is 0.963 bits per heavy atom. The number of piperidine rings is 1. The van der Waals surface area contributed by atoms with Crippen LogP contribution in [0, 0.1) is 20.8 Å². The average molecular weight is 750 g/mol. The summed E-state index contributed by atoms with van der Waals surface area (Å²) in [6, 6.07) is 12.4. The SMILES string of the molecule is CC(=O)CCC(=O)N1CCC(N(C)c2cnc3ccccc3c2NC=O)CC1.CCCN(CCC)C1CCOCC1.Cc1cc(C)c(OC(=O)F)c(C)c1. The van der Waals surface area contributed by atoms with Crippen molar-refractivity contribution >= 4 is 46.6 Å². The van der Waals surface area contributed by atoms with Gasteiger partial charge in [-0.15, -0.1) is 4.39 Å². The number of nitrogens with zero attached hydrogens (tertiary/aromatic N) is 4.